The molecule has 0 fully saturated rings. The number of hydrogen-bond donors (Lipinski definition) is 1. The van der Waals surface area contributed by atoms with Crippen LogP contribution in [0.3, 0.4) is 0 Å². The summed E-state index contributed by atoms with van der Waals surface area (Å²) in [5.41, 5.74) is 0.760. The van der Waals surface area contributed by atoms with Crippen molar-refractivity contribution in [2.45, 2.75) is 0 Å². The van der Waals surface area contributed by atoms with Gasteiger partial charge in [-0.15, -0.1) is 0 Å². The van der Waals surface area contributed by atoms with E-state index in [4.69, 9.17) is 0 Å². The number of fused-ring (bicyclic) bond motifs is 1. The lowest BCUT2D eigenvalue weighted by Crippen LogP contribution is -2.00. The summed E-state index contributed by atoms with van der Waals surface area (Å²) in [6.45, 7) is 0. The van der Waals surface area contributed by atoms with E-state index in [2.05, 4.69) is 41.4 Å². The maximum atomic E-state index is 4.40. The number of rotatable bonds is 2. The Labute approximate surface area is 111 Å². The quantitative estimate of drug-likeness (QED) is 0.778. The number of nitrogens with one attached hydrogen (secondary N) is 1. The van der Waals surface area contributed by atoms with E-state index in [1.807, 2.05) is 26.4 Å². The monoisotopic (exact) mass is 307 g/mol. The minimum atomic E-state index is 0.497. The van der Waals surface area contributed by atoms with E-state index in [0.29, 0.717) is 11.8 Å². The molecule has 8 heteroatoms. The number of aromatic nitrogens is 6. The molecule has 0 unspecified atom stereocenters. The zero-order valence-corrected chi connectivity index (χ0v) is 11.4. The first-order valence-corrected chi connectivity index (χ1v) is 6.05. The summed E-state index contributed by atoms with van der Waals surface area (Å²) in [6, 6.07) is 1.85. The highest BCUT2D eigenvalue weighted by Gasteiger charge is 2.09. The molecule has 0 saturated heterocycles. The van der Waals surface area contributed by atoms with Gasteiger partial charge in [0.25, 0.3) is 0 Å². The van der Waals surface area contributed by atoms with Crippen LogP contribution in [-0.2, 0) is 14.1 Å². The van der Waals surface area contributed by atoms with E-state index in [0.717, 1.165) is 15.6 Å². The van der Waals surface area contributed by atoms with Gasteiger partial charge >= 0.3 is 0 Å². The van der Waals surface area contributed by atoms with Crippen molar-refractivity contribution >= 4 is 38.7 Å². The standard InChI is InChI=1S/C10H10BrN7/c1-17-4-3-7(15-17)13-10-12-5-6-8(11)16-18(2)9(6)14-10/h3-5H,1-2H3,(H,12,13,14,15). The Balaban J connectivity index is 2.00. The molecule has 0 spiro atoms. The van der Waals surface area contributed by atoms with Crippen LogP contribution in [0.15, 0.2) is 23.1 Å². The highest BCUT2D eigenvalue weighted by molar-refractivity contribution is 9.10. The first-order chi connectivity index (χ1) is 8.63. The predicted molar refractivity (Wildman–Crippen MR) is 70.5 cm³/mol. The lowest BCUT2D eigenvalue weighted by molar-refractivity contribution is 0.769. The Bertz CT molecular complexity index is 714. The molecular formula is C10H10BrN7. The van der Waals surface area contributed by atoms with Crippen molar-refractivity contribution in [3.8, 4) is 0 Å². The third kappa shape index (κ3) is 1.84. The van der Waals surface area contributed by atoms with Gasteiger partial charge < -0.3 is 5.32 Å². The van der Waals surface area contributed by atoms with Gasteiger partial charge in [-0.25, -0.2) is 9.67 Å². The minimum absolute atomic E-state index is 0.497. The number of nitrogens with zero attached hydrogens (tertiary/aromatic N) is 6. The maximum absolute atomic E-state index is 4.40. The largest absolute Gasteiger partial charge is 0.307 e. The van der Waals surface area contributed by atoms with Crippen LogP contribution in [-0.4, -0.2) is 29.5 Å². The average molecular weight is 308 g/mol. The molecule has 0 aromatic carbocycles. The van der Waals surface area contributed by atoms with Crippen molar-refractivity contribution in [3.05, 3.63) is 23.1 Å². The second-order valence-electron chi connectivity index (χ2n) is 3.84. The van der Waals surface area contributed by atoms with Crippen LogP contribution in [0.4, 0.5) is 11.8 Å². The fraction of sp³-hybridized carbons (Fsp3) is 0.200. The van der Waals surface area contributed by atoms with Crippen molar-refractivity contribution in [1.82, 2.24) is 29.5 Å². The van der Waals surface area contributed by atoms with Crippen molar-refractivity contribution in [2.75, 3.05) is 5.32 Å². The molecule has 0 amide bonds. The second-order valence-corrected chi connectivity index (χ2v) is 4.60. The second kappa shape index (κ2) is 4.05. The normalized spacial score (nSPS) is 11.1. The zero-order chi connectivity index (χ0) is 12.7. The smallest absolute Gasteiger partial charge is 0.230 e. The molecule has 3 aromatic rings. The summed E-state index contributed by atoms with van der Waals surface area (Å²) in [5.74, 6) is 1.20. The van der Waals surface area contributed by atoms with Gasteiger partial charge in [0.2, 0.25) is 5.95 Å². The molecule has 3 rings (SSSR count). The number of halogens is 1. The molecule has 0 aliphatic carbocycles. The predicted octanol–water partition coefficient (Wildman–Crippen LogP) is 1.60. The summed E-state index contributed by atoms with van der Waals surface area (Å²) in [5, 5.41) is 12.4. The number of hydrogen-bond acceptors (Lipinski definition) is 5. The van der Waals surface area contributed by atoms with Gasteiger partial charge in [0, 0.05) is 32.6 Å². The topological polar surface area (TPSA) is 73.5 Å². The molecule has 7 nitrogen and oxygen atoms in total. The van der Waals surface area contributed by atoms with Gasteiger partial charge in [-0.05, 0) is 15.9 Å². The van der Waals surface area contributed by atoms with Crippen LogP contribution in [0.25, 0.3) is 11.0 Å². The first kappa shape index (κ1) is 11.1. The van der Waals surface area contributed by atoms with E-state index in [-0.39, 0.29) is 0 Å². The minimum Gasteiger partial charge on any atom is -0.307 e. The van der Waals surface area contributed by atoms with Crippen LogP contribution in [0.5, 0.6) is 0 Å². The maximum Gasteiger partial charge on any atom is 0.230 e. The zero-order valence-electron chi connectivity index (χ0n) is 9.79. The van der Waals surface area contributed by atoms with Crippen molar-refractivity contribution in [2.24, 2.45) is 14.1 Å². The Kier molecular flexibility index (Phi) is 2.51. The van der Waals surface area contributed by atoms with Crippen LogP contribution in [0, 0.1) is 0 Å². The van der Waals surface area contributed by atoms with Gasteiger partial charge in [0.15, 0.2) is 11.5 Å². The lowest BCUT2D eigenvalue weighted by atomic mass is 10.4. The number of anilines is 2. The third-order valence-corrected chi connectivity index (χ3v) is 3.07. The Morgan fingerprint density at radius 1 is 1.28 bits per heavy atom. The summed E-state index contributed by atoms with van der Waals surface area (Å²) in [7, 11) is 3.69. The van der Waals surface area contributed by atoms with Crippen molar-refractivity contribution < 1.29 is 0 Å². The van der Waals surface area contributed by atoms with Gasteiger partial charge in [0.05, 0.1) is 5.39 Å². The van der Waals surface area contributed by atoms with Crippen molar-refractivity contribution in [1.29, 1.82) is 0 Å². The summed E-state index contributed by atoms with van der Waals surface area (Å²) >= 11 is 3.36. The lowest BCUT2D eigenvalue weighted by Gasteiger charge is -2.01. The van der Waals surface area contributed by atoms with Crippen LogP contribution < -0.4 is 5.32 Å². The molecule has 0 aliphatic heterocycles. The van der Waals surface area contributed by atoms with E-state index < -0.39 is 0 Å². The average Bonchev–Trinajstić information content (AvgIpc) is 2.85. The van der Waals surface area contributed by atoms with Crippen molar-refractivity contribution in [3.63, 3.8) is 0 Å². The number of aryl methyl sites for hydroxylation is 2. The van der Waals surface area contributed by atoms with E-state index >= 15 is 0 Å². The molecule has 92 valence electrons. The first-order valence-electron chi connectivity index (χ1n) is 5.25. The fourth-order valence-corrected chi connectivity index (χ4v) is 2.17. The molecule has 0 saturated carbocycles. The van der Waals surface area contributed by atoms with Crippen LogP contribution >= 0.6 is 15.9 Å². The van der Waals surface area contributed by atoms with E-state index in [1.54, 1.807) is 15.6 Å². The van der Waals surface area contributed by atoms with Gasteiger partial charge in [-0.2, -0.15) is 15.2 Å². The van der Waals surface area contributed by atoms with Gasteiger partial charge in [-0.1, -0.05) is 0 Å². The molecule has 0 atom stereocenters. The molecule has 0 radical (unpaired) electrons. The highest BCUT2D eigenvalue weighted by Crippen LogP contribution is 2.21. The Morgan fingerprint density at radius 2 is 2.11 bits per heavy atom. The Morgan fingerprint density at radius 3 is 2.83 bits per heavy atom. The third-order valence-electron chi connectivity index (χ3n) is 2.49. The van der Waals surface area contributed by atoms with Crippen LogP contribution in [0.2, 0.25) is 0 Å². The van der Waals surface area contributed by atoms with Gasteiger partial charge in [-0.3, -0.25) is 4.68 Å². The summed E-state index contributed by atoms with van der Waals surface area (Å²) in [4.78, 5) is 8.63. The molecule has 0 aliphatic rings. The molecule has 18 heavy (non-hydrogen) atoms. The summed E-state index contributed by atoms with van der Waals surface area (Å²) < 4.78 is 4.15. The highest BCUT2D eigenvalue weighted by atomic mass is 79.9. The Hall–Kier alpha value is -1.96. The molecule has 3 aromatic heterocycles. The SMILES string of the molecule is Cn1ccc(Nc2ncc3c(Br)nn(C)c3n2)n1. The van der Waals surface area contributed by atoms with E-state index in [9.17, 15) is 0 Å². The fourth-order valence-electron chi connectivity index (χ4n) is 1.65. The summed E-state index contributed by atoms with van der Waals surface area (Å²) in [6.07, 6.45) is 3.58. The molecule has 3 heterocycles. The van der Waals surface area contributed by atoms with Gasteiger partial charge in [0.1, 0.15) is 4.60 Å². The molecular weight excluding hydrogens is 298 g/mol. The molecule has 1 N–H and O–H groups in total. The van der Waals surface area contributed by atoms with Crippen LogP contribution in [0.1, 0.15) is 0 Å². The molecule has 0 bridgehead atoms. The van der Waals surface area contributed by atoms with E-state index in [1.165, 1.54) is 0 Å².